The number of amidine groups is 1. The monoisotopic (exact) mass is 401 g/mol. The topological polar surface area (TPSA) is 93.6 Å². The fourth-order valence-electron chi connectivity index (χ4n) is 3.35. The van der Waals surface area contributed by atoms with Crippen LogP contribution in [0.25, 0.3) is 6.08 Å². The van der Waals surface area contributed by atoms with Gasteiger partial charge in [-0.1, -0.05) is 60.7 Å². The van der Waals surface area contributed by atoms with Gasteiger partial charge >= 0.3 is 5.82 Å². The second kappa shape index (κ2) is 8.12. The van der Waals surface area contributed by atoms with Crippen molar-refractivity contribution in [3.63, 3.8) is 0 Å². The number of nitro groups is 1. The average Bonchev–Trinajstić information content (AvgIpc) is 3.28. The van der Waals surface area contributed by atoms with Crippen LogP contribution in [-0.2, 0) is 11.3 Å². The standard InChI is InChI=1S/C22H19N5O3/c1-16-23-15-20(27(29)30)25(16)12-13-26-21(18-10-6-3-7-11-18)24-19(22(26)28)14-17-8-4-2-5-9-17/h2-11,14-15H,12-13H2,1H3/b19-14-. The molecule has 0 aliphatic carbocycles. The minimum Gasteiger partial charge on any atom is -0.358 e. The maximum atomic E-state index is 13.1. The number of amides is 1. The number of hydrogen-bond acceptors (Lipinski definition) is 5. The van der Waals surface area contributed by atoms with Gasteiger partial charge in [-0.3, -0.25) is 9.69 Å². The molecule has 1 amide bonds. The zero-order chi connectivity index (χ0) is 21.1. The summed E-state index contributed by atoms with van der Waals surface area (Å²) in [6.45, 7) is 2.17. The SMILES string of the molecule is Cc1ncc([N+](=O)[O-])n1CCN1C(=O)/C(=C/c2ccccc2)N=C1c1ccccc1. The van der Waals surface area contributed by atoms with Gasteiger partial charge in [-0.2, -0.15) is 0 Å². The zero-order valence-electron chi connectivity index (χ0n) is 16.3. The lowest BCUT2D eigenvalue weighted by atomic mass is 10.2. The number of nitrogens with zero attached hydrogens (tertiary/aromatic N) is 5. The van der Waals surface area contributed by atoms with Crippen LogP contribution in [0.5, 0.6) is 0 Å². The highest BCUT2D eigenvalue weighted by molar-refractivity contribution is 6.19. The number of aryl methyl sites for hydroxylation is 1. The van der Waals surface area contributed by atoms with Gasteiger partial charge in [0.05, 0.1) is 6.54 Å². The van der Waals surface area contributed by atoms with E-state index in [4.69, 9.17) is 0 Å². The van der Waals surface area contributed by atoms with E-state index in [1.807, 2.05) is 60.7 Å². The van der Waals surface area contributed by atoms with Gasteiger partial charge in [-0.05, 0) is 16.6 Å². The minimum atomic E-state index is -0.473. The molecule has 0 N–H and O–H groups in total. The summed E-state index contributed by atoms with van der Waals surface area (Å²) in [6, 6.07) is 18.9. The summed E-state index contributed by atoms with van der Waals surface area (Å²) in [6.07, 6.45) is 2.98. The number of imidazole rings is 1. The summed E-state index contributed by atoms with van der Waals surface area (Å²) >= 11 is 0. The average molecular weight is 401 g/mol. The fraction of sp³-hybridized carbons (Fsp3) is 0.136. The van der Waals surface area contributed by atoms with Crippen molar-refractivity contribution in [2.24, 2.45) is 4.99 Å². The third kappa shape index (κ3) is 3.75. The molecule has 1 aromatic heterocycles. The van der Waals surface area contributed by atoms with Crippen molar-refractivity contribution >= 4 is 23.6 Å². The van der Waals surface area contributed by atoms with Crippen LogP contribution in [0.2, 0.25) is 0 Å². The molecule has 8 heteroatoms. The van der Waals surface area contributed by atoms with Gasteiger partial charge in [0.1, 0.15) is 24.3 Å². The normalized spacial score (nSPS) is 15.0. The molecule has 0 spiro atoms. The van der Waals surface area contributed by atoms with Crippen molar-refractivity contribution in [1.29, 1.82) is 0 Å². The minimum absolute atomic E-state index is 0.0996. The summed E-state index contributed by atoms with van der Waals surface area (Å²) < 4.78 is 1.49. The Bertz CT molecular complexity index is 1150. The molecule has 150 valence electrons. The first-order chi connectivity index (χ1) is 14.5. The molecule has 0 radical (unpaired) electrons. The highest BCUT2D eigenvalue weighted by Gasteiger charge is 2.32. The summed E-state index contributed by atoms with van der Waals surface area (Å²) in [5.74, 6) is 0.713. The molecule has 0 saturated heterocycles. The number of hydrogen-bond donors (Lipinski definition) is 0. The van der Waals surface area contributed by atoms with Crippen LogP contribution in [0.4, 0.5) is 5.82 Å². The maximum Gasteiger partial charge on any atom is 0.342 e. The second-order valence-electron chi connectivity index (χ2n) is 6.77. The number of carbonyl (C=O) groups is 1. The van der Waals surface area contributed by atoms with Crippen molar-refractivity contribution in [2.75, 3.05) is 6.54 Å². The molecule has 0 bridgehead atoms. The highest BCUT2D eigenvalue weighted by atomic mass is 16.6. The van der Waals surface area contributed by atoms with Crippen molar-refractivity contribution < 1.29 is 9.72 Å². The highest BCUT2D eigenvalue weighted by Crippen LogP contribution is 2.23. The number of carbonyl (C=O) groups excluding carboxylic acids is 1. The van der Waals surface area contributed by atoms with Crippen LogP contribution in [0.1, 0.15) is 17.0 Å². The number of benzene rings is 2. The summed E-state index contributed by atoms with van der Waals surface area (Å²) in [5.41, 5.74) is 2.01. The summed E-state index contributed by atoms with van der Waals surface area (Å²) in [5, 5.41) is 11.3. The van der Waals surface area contributed by atoms with Crippen LogP contribution in [0, 0.1) is 17.0 Å². The van der Waals surface area contributed by atoms with E-state index in [1.165, 1.54) is 10.8 Å². The van der Waals surface area contributed by atoms with Gasteiger partial charge in [0.25, 0.3) is 5.91 Å². The van der Waals surface area contributed by atoms with Gasteiger partial charge in [-0.15, -0.1) is 0 Å². The Kier molecular flexibility index (Phi) is 5.21. The van der Waals surface area contributed by atoms with E-state index in [1.54, 1.807) is 17.9 Å². The molecule has 2 aromatic carbocycles. The largest absolute Gasteiger partial charge is 0.358 e. The van der Waals surface area contributed by atoms with E-state index in [9.17, 15) is 14.9 Å². The molecule has 1 aliphatic heterocycles. The Morgan fingerprint density at radius 2 is 1.70 bits per heavy atom. The second-order valence-corrected chi connectivity index (χ2v) is 6.77. The quantitative estimate of drug-likeness (QED) is 0.359. The molecule has 3 aromatic rings. The van der Waals surface area contributed by atoms with Crippen LogP contribution < -0.4 is 0 Å². The lowest BCUT2D eigenvalue weighted by Crippen LogP contribution is -2.35. The molecule has 0 atom stereocenters. The fourth-order valence-corrected chi connectivity index (χ4v) is 3.35. The lowest BCUT2D eigenvalue weighted by molar-refractivity contribution is -0.392. The Labute approximate surface area is 173 Å². The molecule has 0 fully saturated rings. The van der Waals surface area contributed by atoms with Gasteiger partial charge in [0.15, 0.2) is 5.82 Å². The third-order valence-electron chi connectivity index (χ3n) is 4.85. The van der Waals surface area contributed by atoms with Crippen molar-refractivity contribution in [2.45, 2.75) is 13.5 Å². The van der Waals surface area contributed by atoms with Crippen LogP contribution >= 0.6 is 0 Å². The Morgan fingerprint density at radius 3 is 2.37 bits per heavy atom. The molecule has 4 rings (SSSR count). The number of aliphatic imine (C=N–C) groups is 1. The van der Waals surface area contributed by atoms with Crippen LogP contribution in [-0.4, -0.2) is 37.7 Å². The molecular formula is C22H19N5O3. The van der Waals surface area contributed by atoms with E-state index in [2.05, 4.69) is 9.98 Å². The predicted molar refractivity (Wildman–Crippen MR) is 113 cm³/mol. The molecule has 1 aliphatic rings. The molecule has 0 unspecified atom stereocenters. The van der Waals surface area contributed by atoms with E-state index >= 15 is 0 Å². The Hall–Kier alpha value is -4.07. The van der Waals surface area contributed by atoms with E-state index in [-0.39, 0.29) is 24.8 Å². The first-order valence-electron chi connectivity index (χ1n) is 9.44. The predicted octanol–water partition coefficient (Wildman–Crippen LogP) is 3.43. The van der Waals surface area contributed by atoms with Crippen molar-refractivity contribution in [3.05, 3.63) is 99.6 Å². The Morgan fingerprint density at radius 1 is 1.03 bits per heavy atom. The molecule has 2 heterocycles. The molecule has 0 saturated carbocycles. The summed E-state index contributed by atoms with van der Waals surface area (Å²) in [4.78, 5) is 34.1. The van der Waals surface area contributed by atoms with Crippen molar-refractivity contribution in [3.8, 4) is 0 Å². The third-order valence-corrected chi connectivity index (χ3v) is 4.85. The first kappa shape index (κ1) is 19.3. The van der Waals surface area contributed by atoms with Gasteiger partial charge < -0.3 is 10.1 Å². The number of aromatic nitrogens is 2. The van der Waals surface area contributed by atoms with Crippen LogP contribution in [0.15, 0.2) is 77.5 Å². The van der Waals surface area contributed by atoms with Crippen LogP contribution in [0.3, 0.4) is 0 Å². The smallest absolute Gasteiger partial charge is 0.342 e. The van der Waals surface area contributed by atoms with E-state index in [0.717, 1.165) is 11.1 Å². The molecule has 8 nitrogen and oxygen atoms in total. The zero-order valence-corrected chi connectivity index (χ0v) is 16.3. The summed E-state index contributed by atoms with van der Waals surface area (Å²) in [7, 11) is 0. The Balaban J connectivity index is 1.67. The van der Waals surface area contributed by atoms with E-state index < -0.39 is 4.92 Å². The van der Waals surface area contributed by atoms with Gasteiger partial charge in [0, 0.05) is 12.5 Å². The molecular weight excluding hydrogens is 382 g/mol. The number of rotatable bonds is 6. The van der Waals surface area contributed by atoms with E-state index in [0.29, 0.717) is 17.4 Å². The first-order valence-corrected chi connectivity index (χ1v) is 9.44. The van der Waals surface area contributed by atoms with Gasteiger partial charge in [-0.25, -0.2) is 14.5 Å². The lowest BCUT2D eigenvalue weighted by Gasteiger charge is -2.18. The maximum absolute atomic E-state index is 13.1. The van der Waals surface area contributed by atoms with Crippen molar-refractivity contribution in [1.82, 2.24) is 14.5 Å². The van der Waals surface area contributed by atoms with Gasteiger partial charge in [0.2, 0.25) is 0 Å². The molecule has 30 heavy (non-hydrogen) atoms.